The molecular weight excluding hydrogens is 371 g/mol. The van der Waals surface area contributed by atoms with Crippen LogP contribution in [0.15, 0.2) is 79.4 Å². The summed E-state index contributed by atoms with van der Waals surface area (Å²) in [6, 6.07) is 15.0. The van der Waals surface area contributed by atoms with E-state index in [0.717, 1.165) is 5.56 Å². The Morgan fingerprint density at radius 2 is 1.79 bits per heavy atom. The van der Waals surface area contributed by atoms with Gasteiger partial charge in [-0.05, 0) is 36.4 Å². The van der Waals surface area contributed by atoms with Crippen LogP contribution in [0.4, 0.5) is 15.9 Å². The van der Waals surface area contributed by atoms with Crippen LogP contribution in [-0.2, 0) is 6.54 Å². The summed E-state index contributed by atoms with van der Waals surface area (Å²) in [6.07, 6.45) is 6.65. The fraction of sp³-hybridized carbons (Fsp3) is 0.0476. The van der Waals surface area contributed by atoms with Crippen LogP contribution < -0.4 is 10.6 Å². The monoisotopic (exact) mass is 388 g/mol. The van der Waals surface area contributed by atoms with Crippen molar-refractivity contribution in [3.8, 4) is 5.82 Å². The first-order chi connectivity index (χ1) is 14.2. The lowest BCUT2D eigenvalue weighted by Crippen LogP contribution is -2.25. The van der Waals surface area contributed by atoms with Crippen molar-refractivity contribution < 1.29 is 9.18 Å². The van der Waals surface area contributed by atoms with E-state index in [1.54, 1.807) is 65.7 Å². The summed E-state index contributed by atoms with van der Waals surface area (Å²) in [6.45, 7) is 0.246. The van der Waals surface area contributed by atoms with Crippen LogP contribution in [0.3, 0.4) is 0 Å². The Bertz CT molecular complexity index is 1130. The summed E-state index contributed by atoms with van der Waals surface area (Å²) < 4.78 is 15.6. The SMILES string of the molecule is O=C(NCc1cccnc1-n1cccn1)c1cccnc1Nc1ccccc1F. The molecule has 0 aliphatic rings. The van der Waals surface area contributed by atoms with E-state index in [4.69, 9.17) is 0 Å². The van der Waals surface area contributed by atoms with Crippen molar-refractivity contribution in [3.05, 3.63) is 96.3 Å². The van der Waals surface area contributed by atoms with E-state index < -0.39 is 5.82 Å². The number of amides is 1. The molecule has 7 nitrogen and oxygen atoms in total. The zero-order valence-corrected chi connectivity index (χ0v) is 15.3. The summed E-state index contributed by atoms with van der Waals surface area (Å²) in [4.78, 5) is 21.3. The van der Waals surface area contributed by atoms with Crippen LogP contribution in [0.25, 0.3) is 5.82 Å². The molecule has 0 radical (unpaired) electrons. The second-order valence-corrected chi connectivity index (χ2v) is 6.12. The van der Waals surface area contributed by atoms with Crippen LogP contribution in [0.1, 0.15) is 15.9 Å². The number of hydrogen-bond acceptors (Lipinski definition) is 5. The molecule has 4 rings (SSSR count). The van der Waals surface area contributed by atoms with Crippen molar-refractivity contribution >= 4 is 17.4 Å². The molecule has 8 heteroatoms. The third kappa shape index (κ3) is 4.11. The Morgan fingerprint density at radius 1 is 0.966 bits per heavy atom. The summed E-state index contributed by atoms with van der Waals surface area (Å²) in [5.41, 5.74) is 1.35. The maximum atomic E-state index is 14.0. The molecule has 3 aromatic heterocycles. The number of nitrogens with zero attached hydrogens (tertiary/aromatic N) is 4. The summed E-state index contributed by atoms with van der Waals surface area (Å²) in [5.74, 6) is 0.137. The third-order valence-electron chi connectivity index (χ3n) is 4.21. The minimum atomic E-state index is -0.427. The second-order valence-electron chi connectivity index (χ2n) is 6.12. The molecule has 0 aliphatic carbocycles. The van der Waals surface area contributed by atoms with Crippen molar-refractivity contribution in [2.45, 2.75) is 6.54 Å². The van der Waals surface area contributed by atoms with Gasteiger partial charge < -0.3 is 10.6 Å². The molecule has 3 heterocycles. The predicted molar refractivity (Wildman–Crippen MR) is 106 cm³/mol. The van der Waals surface area contributed by atoms with Crippen molar-refractivity contribution in [2.24, 2.45) is 0 Å². The second kappa shape index (κ2) is 8.30. The first kappa shape index (κ1) is 18.3. The standard InChI is InChI=1S/C21H17FN6O/c22-17-8-1-2-9-18(17)27-19-16(7-4-10-23-19)21(29)25-14-15-6-3-11-24-20(15)28-13-5-12-26-28/h1-13H,14H2,(H,23,27)(H,25,29). The van der Waals surface area contributed by atoms with Crippen LogP contribution in [0.5, 0.6) is 0 Å². The number of para-hydroxylation sites is 1. The van der Waals surface area contributed by atoms with E-state index in [-0.39, 0.29) is 24.0 Å². The molecule has 0 bridgehead atoms. The molecule has 2 N–H and O–H groups in total. The molecule has 0 saturated heterocycles. The zero-order valence-electron chi connectivity index (χ0n) is 15.3. The molecular formula is C21H17FN6O. The highest BCUT2D eigenvalue weighted by molar-refractivity contribution is 5.99. The number of carbonyl (C=O) groups is 1. The Morgan fingerprint density at radius 3 is 2.62 bits per heavy atom. The van der Waals surface area contributed by atoms with Gasteiger partial charge in [-0.3, -0.25) is 4.79 Å². The fourth-order valence-electron chi connectivity index (χ4n) is 2.82. The van der Waals surface area contributed by atoms with E-state index in [9.17, 15) is 9.18 Å². The first-order valence-electron chi connectivity index (χ1n) is 8.91. The van der Waals surface area contributed by atoms with E-state index in [2.05, 4.69) is 25.7 Å². The molecule has 1 aromatic carbocycles. The summed E-state index contributed by atoms with van der Waals surface area (Å²) >= 11 is 0. The Kier molecular flexibility index (Phi) is 5.24. The topological polar surface area (TPSA) is 84.7 Å². The lowest BCUT2D eigenvalue weighted by Gasteiger charge is -2.13. The van der Waals surface area contributed by atoms with Crippen molar-refractivity contribution in [2.75, 3.05) is 5.32 Å². The van der Waals surface area contributed by atoms with Crippen LogP contribution >= 0.6 is 0 Å². The number of halogens is 1. The molecule has 0 aliphatic heterocycles. The Hall–Kier alpha value is -4.07. The van der Waals surface area contributed by atoms with Crippen molar-refractivity contribution in [3.63, 3.8) is 0 Å². The lowest BCUT2D eigenvalue weighted by atomic mass is 10.2. The van der Waals surface area contributed by atoms with Gasteiger partial charge in [0.05, 0.1) is 11.3 Å². The minimum Gasteiger partial charge on any atom is -0.348 e. The van der Waals surface area contributed by atoms with Crippen LogP contribution in [0.2, 0.25) is 0 Å². The van der Waals surface area contributed by atoms with Gasteiger partial charge in [-0.2, -0.15) is 5.10 Å². The van der Waals surface area contributed by atoms with Gasteiger partial charge in [-0.1, -0.05) is 18.2 Å². The average molecular weight is 388 g/mol. The number of rotatable bonds is 6. The van der Waals surface area contributed by atoms with Crippen molar-refractivity contribution in [1.82, 2.24) is 25.1 Å². The Balaban J connectivity index is 1.53. The molecule has 0 saturated carbocycles. The zero-order chi connectivity index (χ0) is 20.1. The van der Waals surface area contributed by atoms with Gasteiger partial charge in [0.15, 0.2) is 5.82 Å². The van der Waals surface area contributed by atoms with Crippen LogP contribution in [-0.4, -0.2) is 25.7 Å². The lowest BCUT2D eigenvalue weighted by molar-refractivity contribution is 0.0951. The van der Waals surface area contributed by atoms with E-state index in [1.165, 1.54) is 12.3 Å². The highest BCUT2D eigenvalue weighted by Gasteiger charge is 2.15. The molecule has 144 valence electrons. The Labute approximate surface area is 166 Å². The molecule has 0 spiro atoms. The predicted octanol–water partition coefficient (Wildman–Crippen LogP) is 3.48. The van der Waals surface area contributed by atoms with Gasteiger partial charge >= 0.3 is 0 Å². The number of anilines is 2. The molecule has 0 fully saturated rings. The fourth-order valence-corrected chi connectivity index (χ4v) is 2.82. The molecule has 4 aromatic rings. The normalized spacial score (nSPS) is 10.5. The third-order valence-corrected chi connectivity index (χ3v) is 4.21. The van der Waals surface area contributed by atoms with E-state index in [1.807, 2.05) is 6.07 Å². The average Bonchev–Trinajstić information content (AvgIpc) is 3.29. The van der Waals surface area contributed by atoms with Gasteiger partial charge in [0.25, 0.3) is 5.91 Å². The van der Waals surface area contributed by atoms with Gasteiger partial charge in [0.2, 0.25) is 0 Å². The molecule has 1 amide bonds. The van der Waals surface area contributed by atoms with Gasteiger partial charge in [0, 0.05) is 36.9 Å². The summed E-state index contributed by atoms with van der Waals surface area (Å²) in [7, 11) is 0. The van der Waals surface area contributed by atoms with Gasteiger partial charge in [0.1, 0.15) is 11.6 Å². The van der Waals surface area contributed by atoms with E-state index >= 15 is 0 Å². The highest BCUT2D eigenvalue weighted by atomic mass is 19.1. The largest absolute Gasteiger partial charge is 0.348 e. The number of hydrogen-bond donors (Lipinski definition) is 2. The number of benzene rings is 1. The summed E-state index contributed by atoms with van der Waals surface area (Å²) in [5, 5.41) is 9.93. The van der Waals surface area contributed by atoms with E-state index in [0.29, 0.717) is 11.4 Å². The highest BCUT2D eigenvalue weighted by Crippen LogP contribution is 2.21. The smallest absolute Gasteiger partial charge is 0.255 e. The van der Waals surface area contributed by atoms with Gasteiger partial charge in [-0.25, -0.2) is 19.0 Å². The number of carbonyl (C=O) groups excluding carboxylic acids is 1. The number of pyridine rings is 2. The maximum Gasteiger partial charge on any atom is 0.255 e. The molecule has 29 heavy (non-hydrogen) atoms. The molecule has 0 atom stereocenters. The quantitative estimate of drug-likeness (QED) is 0.528. The molecule has 0 unspecified atom stereocenters. The van der Waals surface area contributed by atoms with Crippen molar-refractivity contribution in [1.29, 1.82) is 0 Å². The minimum absolute atomic E-state index is 0.244. The van der Waals surface area contributed by atoms with Gasteiger partial charge in [-0.15, -0.1) is 0 Å². The van der Waals surface area contributed by atoms with Crippen LogP contribution in [0, 0.1) is 5.82 Å². The number of aromatic nitrogens is 4. The maximum absolute atomic E-state index is 14.0. The number of nitrogens with one attached hydrogen (secondary N) is 2. The first-order valence-corrected chi connectivity index (χ1v) is 8.91.